The average molecular weight is 429 g/mol. The van der Waals surface area contributed by atoms with E-state index in [2.05, 4.69) is 16.3 Å². The van der Waals surface area contributed by atoms with Crippen LogP contribution in [0.15, 0.2) is 78.4 Å². The van der Waals surface area contributed by atoms with Crippen molar-refractivity contribution in [2.75, 3.05) is 25.0 Å². The molecule has 0 aromatic heterocycles. The normalized spacial score (nSPS) is 24.8. The maximum absolute atomic E-state index is 15.3. The van der Waals surface area contributed by atoms with Crippen LogP contribution in [0.25, 0.3) is 6.08 Å². The molecular formula is C28H29FN2O. The summed E-state index contributed by atoms with van der Waals surface area (Å²) >= 11 is 0. The van der Waals surface area contributed by atoms with Gasteiger partial charge in [-0.3, -0.25) is 9.69 Å². The summed E-state index contributed by atoms with van der Waals surface area (Å²) in [4.78, 5) is 15.3. The Morgan fingerprint density at radius 1 is 1.03 bits per heavy atom. The van der Waals surface area contributed by atoms with E-state index in [1.807, 2.05) is 48.5 Å². The molecule has 3 nitrogen and oxygen atoms in total. The van der Waals surface area contributed by atoms with Crippen molar-refractivity contribution in [1.29, 1.82) is 0 Å². The number of aryl methyl sites for hydroxylation is 1. The minimum Gasteiger partial charge on any atom is -0.323 e. The molecule has 1 fully saturated rings. The van der Waals surface area contributed by atoms with Crippen molar-refractivity contribution >= 4 is 17.7 Å². The van der Waals surface area contributed by atoms with Gasteiger partial charge in [-0.15, -0.1) is 0 Å². The van der Waals surface area contributed by atoms with Crippen molar-refractivity contribution in [2.24, 2.45) is 0 Å². The number of nitrogens with one attached hydrogen (secondary N) is 1. The second-order valence-corrected chi connectivity index (χ2v) is 9.08. The van der Waals surface area contributed by atoms with Gasteiger partial charge in [0, 0.05) is 18.2 Å². The van der Waals surface area contributed by atoms with Gasteiger partial charge < -0.3 is 5.32 Å². The minimum absolute atomic E-state index is 0.0156. The molecular weight excluding hydrogens is 399 g/mol. The van der Waals surface area contributed by atoms with E-state index >= 15 is 4.39 Å². The zero-order valence-corrected chi connectivity index (χ0v) is 18.3. The lowest BCUT2D eigenvalue weighted by atomic mass is 9.88. The molecule has 1 aliphatic heterocycles. The number of hydrogen-bond acceptors (Lipinski definition) is 2. The minimum atomic E-state index is -2.13. The standard InChI is InChI=1S/C28H29FN2O/c29-28(14-12-23(13-15-28)22-6-2-1-3-7-22)27(32)30-26-11-10-24-18-21(8-9-25(24)19-26)20-31-16-4-5-17-31/h1-3,6-7,10-15,18-19,23H,4-5,8-9,16-17,20H2,(H,30,32). The van der Waals surface area contributed by atoms with E-state index in [1.165, 1.54) is 54.8 Å². The number of fused-ring (bicyclic) bond motifs is 1. The van der Waals surface area contributed by atoms with Gasteiger partial charge in [-0.1, -0.05) is 60.2 Å². The lowest BCUT2D eigenvalue weighted by Crippen LogP contribution is -2.36. The molecule has 2 aromatic carbocycles. The number of rotatable bonds is 5. The third-order valence-electron chi connectivity index (χ3n) is 6.73. The Bertz CT molecular complexity index is 1070. The number of likely N-dealkylation sites (tertiary alicyclic amines) is 1. The number of halogens is 1. The van der Waals surface area contributed by atoms with E-state index in [0.717, 1.165) is 24.9 Å². The predicted molar refractivity (Wildman–Crippen MR) is 128 cm³/mol. The first kappa shape index (κ1) is 20.9. The Morgan fingerprint density at radius 2 is 1.78 bits per heavy atom. The summed E-state index contributed by atoms with van der Waals surface area (Å²) in [6.07, 6.45) is 13.1. The number of benzene rings is 2. The van der Waals surface area contributed by atoms with Crippen LogP contribution in [-0.2, 0) is 11.2 Å². The second kappa shape index (κ2) is 8.87. The Morgan fingerprint density at radius 3 is 2.53 bits per heavy atom. The maximum Gasteiger partial charge on any atom is 0.270 e. The Labute approximate surface area is 189 Å². The molecule has 3 aliphatic rings. The first-order valence-electron chi connectivity index (χ1n) is 11.6. The van der Waals surface area contributed by atoms with Gasteiger partial charge in [0.25, 0.3) is 5.91 Å². The van der Waals surface area contributed by atoms with E-state index in [9.17, 15) is 4.79 Å². The molecule has 1 amide bonds. The molecule has 0 saturated carbocycles. The summed E-state index contributed by atoms with van der Waals surface area (Å²) in [5, 5.41) is 2.78. The predicted octanol–water partition coefficient (Wildman–Crippen LogP) is 5.67. The van der Waals surface area contributed by atoms with Crippen LogP contribution in [0, 0.1) is 0 Å². The third-order valence-corrected chi connectivity index (χ3v) is 6.73. The smallest absolute Gasteiger partial charge is 0.270 e. The molecule has 0 radical (unpaired) electrons. The largest absolute Gasteiger partial charge is 0.323 e. The van der Waals surface area contributed by atoms with Crippen molar-refractivity contribution in [3.63, 3.8) is 0 Å². The summed E-state index contributed by atoms with van der Waals surface area (Å²) in [6.45, 7) is 3.47. The van der Waals surface area contributed by atoms with Crippen LogP contribution in [0.3, 0.4) is 0 Å². The summed E-state index contributed by atoms with van der Waals surface area (Å²) in [6, 6.07) is 15.8. The molecule has 0 unspecified atom stereocenters. The van der Waals surface area contributed by atoms with Crippen LogP contribution < -0.4 is 5.32 Å². The molecule has 0 spiro atoms. The first-order valence-corrected chi connectivity index (χ1v) is 11.6. The Hall–Kier alpha value is -2.98. The summed E-state index contributed by atoms with van der Waals surface area (Å²) in [5.41, 5.74) is 3.48. The average Bonchev–Trinajstić information content (AvgIpc) is 3.33. The Kier molecular flexibility index (Phi) is 5.79. The number of alkyl halides is 1. The van der Waals surface area contributed by atoms with Gasteiger partial charge in [0.1, 0.15) is 0 Å². The van der Waals surface area contributed by atoms with Crippen LogP contribution in [0.1, 0.15) is 41.9 Å². The van der Waals surface area contributed by atoms with Crippen LogP contribution in [0.2, 0.25) is 0 Å². The van der Waals surface area contributed by atoms with Gasteiger partial charge >= 0.3 is 0 Å². The highest BCUT2D eigenvalue weighted by Crippen LogP contribution is 2.31. The molecule has 2 aliphatic carbocycles. The number of amides is 1. The zero-order chi connectivity index (χ0) is 22.0. The third kappa shape index (κ3) is 4.46. The number of carbonyl (C=O) groups excluding carboxylic acids is 1. The van der Waals surface area contributed by atoms with E-state index in [0.29, 0.717) is 5.69 Å². The van der Waals surface area contributed by atoms with Gasteiger partial charge in [-0.25, -0.2) is 4.39 Å². The monoisotopic (exact) mass is 428 g/mol. The molecule has 1 heterocycles. The summed E-state index contributed by atoms with van der Waals surface area (Å²) < 4.78 is 15.3. The fourth-order valence-corrected chi connectivity index (χ4v) is 4.86. The van der Waals surface area contributed by atoms with E-state index in [-0.39, 0.29) is 5.92 Å². The number of allylic oxidation sites excluding steroid dienone is 2. The van der Waals surface area contributed by atoms with Gasteiger partial charge in [0.05, 0.1) is 0 Å². The molecule has 5 rings (SSSR count). The van der Waals surface area contributed by atoms with Crippen LogP contribution >= 0.6 is 0 Å². The SMILES string of the molecule is O=C(Nc1ccc2c(c1)CCC(CN1CCCC1)=C2)C1(F)C=CC(c2ccccc2)C=C1. The molecule has 1 saturated heterocycles. The van der Waals surface area contributed by atoms with Crippen molar-refractivity contribution in [1.82, 2.24) is 4.90 Å². The molecule has 164 valence electrons. The van der Waals surface area contributed by atoms with Crippen molar-refractivity contribution in [2.45, 2.75) is 37.3 Å². The fourth-order valence-electron chi connectivity index (χ4n) is 4.86. The van der Waals surface area contributed by atoms with Crippen molar-refractivity contribution < 1.29 is 9.18 Å². The fraction of sp³-hybridized carbons (Fsp3) is 0.321. The summed E-state index contributed by atoms with van der Waals surface area (Å²) in [5.74, 6) is -0.671. The topological polar surface area (TPSA) is 32.3 Å². The van der Waals surface area contributed by atoms with E-state index in [4.69, 9.17) is 0 Å². The molecule has 1 N–H and O–H groups in total. The van der Waals surface area contributed by atoms with Crippen molar-refractivity contribution in [3.8, 4) is 0 Å². The van der Waals surface area contributed by atoms with Crippen molar-refractivity contribution in [3.05, 3.63) is 95.1 Å². The van der Waals surface area contributed by atoms with Gasteiger partial charge in [0.15, 0.2) is 0 Å². The Balaban J connectivity index is 1.24. The molecule has 2 aromatic rings. The van der Waals surface area contributed by atoms with Crippen LogP contribution in [-0.4, -0.2) is 36.1 Å². The molecule has 32 heavy (non-hydrogen) atoms. The zero-order valence-electron chi connectivity index (χ0n) is 18.3. The second-order valence-electron chi connectivity index (χ2n) is 9.08. The highest BCUT2D eigenvalue weighted by atomic mass is 19.1. The maximum atomic E-state index is 15.3. The quantitative estimate of drug-likeness (QED) is 0.623. The van der Waals surface area contributed by atoms with Crippen LogP contribution in [0.4, 0.5) is 10.1 Å². The molecule has 0 atom stereocenters. The van der Waals surface area contributed by atoms with Gasteiger partial charge in [-0.05, 0) is 79.7 Å². The summed E-state index contributed by atoms with van der Waals surface area (Å²) in [7, 11) is 0. The van der Waals surface area contributed by atoms with Crippen LogP contribution in [0.5, 0.6) is 0 Å². The highest BCUT2D eigenvalue weighted by molar-refractivity contribution is 6.00. The first-order chi connectivity index (χ1) is 15.6. The number of nitrogens with zero attached hydrogens (tertiary/aromatic N) is 1. The molecule has 0 bridgehead atoms. The van der Waals surface area contributed by atoms with E-state index in [1.54, 1.807) is 12.2 Å². The van der Waals surface area contributed by atoms with E-state index < -0.39 is 11.6 Å². The number of carbonyl (C=O) groups is 1. The van der Waals surface area contributed by atoms with Gasteiger partial charge in [-0.2, -0.15) is 0 Å². The number of hydrogen-bond donors (Lipinski definition) is 1. The lowest BCUT2D eigenvalue weighted by Gasteiger charge is -2.24. The molecule has 4 heteroatoms. The lowest BCUT2D eigenvalue weighted by molar-refractivity contribution is -0.122. The van der Waals surface area contributed by atoms with Gasteiger partial charge in [0.2, 0.25) is 5.67 Å². The number of anilines is 1. The highest BCUT2D eigenvalue weighted by Gasteiger charge is 2.35.